The van der Waals surface area contributed by atoms with Gasteiger partial charge in [-0.1, -0.05) is 27.2 Å². The number of ether oxygens (including phenoxy) is 2. The summed E-state index contributed by atoms with van der Waals surface area (Å²) in [5.41, 5.74) is 0. The number of hydrogen-bond donors (Lipinski definition) is 0. The van der Waals surface area contributed by atoms with Crippen molar-refractivity contribution in [3.63, 3.8) is 0 Å². The minimum Gasteiger partial charge on any atom is -0.466 e. The summed E-state index contributed by atoms with van der Waals surface area (Å²) in [6.45, 7) is 13.6. The smallest absolute Gasteiger partial charge is 0.317 e. The largest absolute Gasteiger partial charge is 0.466 e. The van der Waals surface area contributed by atoms with Gasteiger partial charge in [0.05, 0.1) is 13.2 Å². The highest BCUT2D eigenvalue weighted by Crippen LogP contribution is 1.94. The van der Waals surface area contributed by atoms with Gasteiger partial charge in [-0.25, -0.2) is 0 Å². The van der Waals surface area contributed by atoms with Gasteiger partial charge in [-0.3, -0.25) is 9.59 Å². The molecule has 0 aromatic rings. The maximum absolute atomic E-state index is 10.6. The number of esters is 2. The predicted molar refractivity (Wildman–Crippen MR) is 79.4 cm³/mol. The molecule has 0 heterocycles. The van der Waals surface area contributed by atoms with Crippen LogP contribution in [0.25, 0.3) is 0 Å². The van der Waals surface area contributed by atoms with Gasteiger partial charge in [0, 0.05) is 0 Å². The molecular weight excluding hydrogens is 260 g/mol. The average molecular weight is 290 g/mol. The first-order valence-corrected chi connectivity index (χ1v) is 6.99. The van der Waals surface area contributed by atoms with Crippen LogP contribution in [-0.4, -0.2) is 30.9 Å². The first-order chi connectivity index (χ1) is 9.20. The van der Waals surface area contributed by atoms with Gasteiger partial charge in [-0.2, -0.15) is 0 Å². The number of carbonyl (C=O) groups excluding carboxylic acids is 3. The maximum Gasteiger partial charge on any atom is 0.317 e. The van der Waals surface area contributed by atoms with E-state index in [-0.39, 0.29) is 25.4 Å². The van der Waals surface area contributed by atoms with Gasteiger partial charge in [0.1, 0.15) is 12.2 Å². The Morgan fingerprint density at radius 2 is 1.10 bits per heavy atom. The summed E-state index contributed by atoms with van der Waals surface area (Å²) >= 11 is 0. The topological polar surface area (TPSA) is 69.7 Å². The third kappa shape index (κ3) is 36.0. The summed E-state index contributed by atoms with van der Waals surface area (Å²) in [5, 5.41) is 0. The third-order valence-corrected chi connectivity index (χ3v) is 1.72. The fourth-order valence-corrected chi connectivity index (χ4v) is 0.542. The van der Waals surface area contributed by atoms with E-state index in [0.717, 1.165) is 5.92 Å². The van der Waals surface area contributed by atoms with Crippen LogP contribution in [0.4, 0.5) is 0 Å². The third-order valence-electron chi connectivity index (χ3n) is 1.72. The van der Waals surface area contributed by atoms with Crippen LogP contribution in [-0.2, 0) is 23.9 Å². The van der Waals surface area contributed by atoms with Crippen molar-refractivity contribution in [2.45, 2.75) is 61.3 Å². The highest BCUT2D eigenvalue weighted by atomic mass is 16.5. The number of hydrogen-bond acceptors (Lipinski definition) is 5. The van der Waals surface area contributed by atoms with E-state index in [0.29, 0.717) is 0 Å². The molecule has 0 aliphatic rings. The first-order valence-electron chi connectivity index (χ1n) is 6.99. The van der Waals surface area contributed by atoms with Crippen molar-refractivity contribution < 1.29 is 23.9 Å². The quantitative estimate of drug-likeness (QED) is 0.574. The van der Waals surface area contributed by atoms with Gasteiger partial charge in [-0.05, 0) is 33.6 Å². The van der Waals surface area contributed by atoms with Gasteiger partial charge < -0.3 is 14.3 Å². The molecule has 0 aliphatic carbocycles. The molecule has 0 aromatic heterocycles. The van der Waals surface area contributed by atoms with Gasteiger partial charge in [0.25, 0.3) is 0 Å². The normalized spacial score (nSPS) is 8.60. The molecule has 20 heavy (non-hydrogen) atoms. The van der Waals surface area contributed by atoms with Crippen molar-refractivity contribution in [1.82, 2.24) is 0 Å². The second-order valence-electron chi connectivity index (χ2n) is 4.50. The fourth-order valence-electron chi connectivity index (χ4n) is 0.542. The maximum atomic E-state index is 10.6. The van der Waals surface area contributed by atoms with Crippen LogP contribution >= 0.6 is 0 Å². The Morgan fingerprint density at radius 3 is 1.25 bits per heavy atom. The molecule has 0 saturated heterocycles. The molecule has 0 aromatic carbocycles. The van der Waals surface area contributed by atoms with E-state index in [1.165, 1.54) is 20.3 Å². The molecule has 0 saturated carbocycles. The van der Waals surface area contributed by atoms with Gasteiger partial charge in [0.15, 0.2) is 0 Å². The lowest BCUT2D eigenvalue weighted by Crippen LogP contribution is -2.13. The van der Waals surface area contributed by atoms with E-state index >= 15 is 0 Å². The molecule has 0 rings (SSSR count). The number of ketones is 1. The molecule has 0 unspecified atom stereocenters. The Morgan fingerprint density at radius 1 is 0.850 bits per heavy atom. The lowest BCUT2D eigenvalue weighted by atomic mass is 10.2. The van der Waals surface area contributed by atoms with Crippen molar-refractivity contribution >= 4 is 17.7 Å². The fraction of sp³-hybridized carbons (Fsp3) is 0.800. The lowest BCUT2D eigenvalue weighted by Gasteiger charge is -2.00. The zero-order valence-electron chi connectivity index (χ0n) is 13.9. The van der Waals surface area contributed by atoms with E-state index in [1.807, 2.05) is 0 Å². The highest BCUT2D eigenvalue weighted by molar-refractivity contribution is 5.91. The van der Waals surface area contributed by atoms with E-state index in [4.69, 9.17) is 0 Å². The van der Waals surface area contributed by atoms with Gasteiger partial charge >= 0.3 is 11.9 Å². The Labute approximate surface area is 123 Å². The van der Waals surface area contributed by atoms with Crippen LogP contribution in [0.3, 0.4) is 0 Å². The standard InChI is InChI=1S/C7H12O4.C5H12.C3H6O/c1-3-10-6(8)5-7(9)11-4-2;1-4-5(2)3;1-3(2)4/h3-5H2,1-2H3;5H,4H2,1-3H3;1-2H3. The molecule has 0 N–H and O–H groups in total. The second kappa shape index (κ2) is 17.6. The lowest BCUT2D eigenvalue weighted by molar-refractivity contribution is -0.153. The minimum atomic E-state index is -0.536. The van der Waals surface area contributed by atoms with Crippen molar-refractivity contribution in [2.75, 3.05) is 13.2 Å². The second-order valence-corrected chi connectivity index (χ2v) is 4.50. The molecule has 120 valence electrons. The summed E-state index contributed by atoms with van der Waals surface area (Å²) in [6, 6.07) is 0. The van der Waals surface area contributed by atoms with Crippen molar-refractivity contribution in [3.8, 4) is 0 Å². The molecule has 0 fully saturated rings. The van der Waals surface area contributed by atoms with Crippen molar-refractivity contribution in [2.24, 2.45) is 5.92 Å². The summed E-state index contributed by atoms with van der Waals surface area (Å²) < 4.78 is 9.04. The molecule has 0 amide bonds. The summed E-state index contributed by atoms with van der Waals surface area (Å²) in [5.74, 6) is -0.0214. The molecule has 5 nitrogen and oxygen atoms in total. The van der Waals surface area contributed by atoms with Crippen LogP contribution in [0.5, 0.6) is 0 Å². The minimum absolute atomic E-state index is 0.167. The van der Waals surface area contributed by atoms with E-state index < -0.39 is 11.9 Å². The van der Waals surface area contributed by atoms with Crippen LogP contribution in [0.1, 0.15) is 61.3 Å². The van der Waals surface area contributed by atoms with Crippen molar-refractivity contribution in [3.05, 3.63) is 0 Å². The van der Waals surface area contributed by atoms with E-state index in [1.54, 1.807) is 13.8 Å². The Bertz CT molecular complexity index is 239. The van der Waals surface area contributed by atoms with E-state index in [2.05, 4.69) is 30.2 Å². The van der Waals surface area contributed by atoms with Crippen LogP contribution in [0.2, 0.25) is 0 Å². The molecule has 0 radical (unpaired) electrons. The zero-order valence-corrected chi connectivity index (χ0v) is 13.9. The van der Waals surface area contributed by atoms with E-state index in [9.17, 15) is 14.4 Å². The van der Waals surface area contributed by atoms with Gasteiger partial charge in [0.2, 0.25) is 0 Å². The summed E-state index contributed by atoms with van der Waals surface area (Å²) in [6.07, 6.45) is 1.02. The predicted octanol–water partition coefficient (Wildman–Crippen LogP) is 3.15. The molecular formula is C15H30O5. The monoisotopic (exact) mass is 290 g/mol. The number of carbonyl (C=O) groups is 3. The zero-order chi connectivity index (χ0) is 16.6. The molecule has 0 bridgehead atoms. The molecule has 0 aliphatic heterocycles. The SMILES string of the molecule is CC(C)=O.CCC(C)C.CCOC(=O)CC(=O)OCC. The van der Waals surface area contributed by atoms with Crippen molar-refractivity contribution in [1.29, 1.82) is 0 Å². The van der Waals surface area contributed by atoms with Crippen LogP contribution in [0.15, 0.2) is 0 Å². The Balaban J connectivity index is -0.000000266. The van der Waals surface area contributed by atoms with Gasteiger partial charge in [-0.15, -0.1) is 0 Å². The number of Topliss-reactive ketones (excluding diaryl/α,β-unsaturated/α-hetero) is 1. The van der Waals surface area contributed by atoms with Crippen LogP contribution < -0.4 is 0 Å². The summed E-state index contributed by atoms with van der Waals surface area (Å²) in [4.78, 5) is 30.7. The summed E-state index contributed by atoms with van der Waals surface area (Å²) in [7, 11) is 0. The molecule has 0 spiro atoms. The Hall–Kier alpha value is -1.39. The molecule has 5 heteroatoms. The molecule has 0 atom stereocenters. The number of rotatable bonds is 5. The Kier molecular flexibility index (Phi) is 20.9. The first kappa shape index (κ1) is 23.7. The highest BCUT2D eigenvalue weighted by Gasteiger charge is 2.09. The van der Waals surface area contributed by atoms with Crippen LogP contribution in [0, 0.1) is 5.92 Å². The average Bonchev–Trinajstić information content (AvgIpc) is 2.29.